The summed E-state index contributed by atoms with van der Waals surface area (Å²) in [5.74, 6) is 0.558. The third kappa shape index (κ3) is 2.76. The maximum atomic E-state index is 12.7. The SMILES string of the molecule is Cc1ccc2c(C3CCCCC3)c3n(c2c1)CC(=O)Nc1cc(Cl)ccc1-3. The Kier molecular flexibility index (Phi) is 4.01. The summed E-state index contributed by atoms with van der Waals surface area (Å²) in [6, 6.07) is 12.5. The highest BCUT2D eigenvalue weighted by Crippen LogP contribution is 2.46. The largest absolute Gasteiger partial charge is 0.331 e. The van der Waals surface area contributed by atoms with Gasteiger partial charge in [0.15, 0.2) is 0 Å². The van der Waals surface area contributed by atoms with Gasteiger partial charge in [0.1, 0.15) is 6.54 Å². The Hall–Kier alpha value is -2.26. The van der Waals surface area contributed by atoms with Crippen LogP contribution in [0.1, 0.15) is 49.1 Å². The Labute approximate surface area is 164 Å². The van der Waals surface area contributed by atoms with Gasteiger partial charge in [0.25, 0.3) is 0 Å². The van der Waals surface area contributed by atoms with Crippen molar-refractivity contribution in [1.29, 1.82) is 0 Å². The van der Waals surface area contributed by atoms with Crippen molar-refractivity contribution in [2.24, 2.45) is 0 Å². The van der Waals surface area contributed by atoms with Gasteiger partial charge >= 0.3 is 0 Å². The molecule has 2 heterocycles. The Morgan fingerprint density at radius 3 is 2.70 bits per heavy atom. The first-order chi connectivity index (χ1) is 13.1. The first-order valence-electron chi connectivity index (χ1n) is 9.84. The van der Waals surface area contributed by atoms with E-state index in [9.17, 15) is 4.79 Å². The topological polar surface area (TPSA) is 34.0 Å². The normalized spacial score (nSPS) is 17.3. The lowest BCUT2D eigenvalue weighted by molar-refractivity contribution is -0.116. The summed E-state index contributed by atoms with van der Waals surface area (Å²) < 4.78 is 2.22. The second kappa shape index (κ2) is 6.42. The summed E-state index contributed by atoms with van der Waals surface area (Å²) >= 11 is 6.23. The van der Waals surface area contributed by atoms with E-state index in [4.69, 9.17) is 11.6 Å². The molecule has 1 aliphatic heterocycles. The molecule has 0 atom stereocenters. The fourth-order valence-electron chi connectivity index (χ4n) is 4.91. The van der Waals surface area contributed by atoms with Crippen LogP contribution in [0.5, 0.6) is 0 Å². The molecule has 1 saturated carbocycles. The molecule has 1 N–H and O–H groups in total. The van der Waals surface area contributed by atoms with E-state index in [1.165, 1.54) is 59.8 Å². The van der Waals surface area contributed by atoms with Crippen molar-refractivity contribution in [3.63, 3.8) is 0 Å². The van der Waals surface area contributed by atoms with Gasteiger partial charge < -0.3 is 9.88 Å². The maximum absolute atomic E-state index is 12.7. The predicted octanol–water partition coefficient (Wildman–Crippen LogP) is 6.27. The van der Waals surface area contributed by atoms with Gasteiger partial charge in [-0.05, 0) is 61.1 Å². The number of hydrogen-bond acceptors (Lipinski definition) is 1. The van der Waals surface area contributed by atoms with Gasteiger partial charge in [-0.1, -0.05) is 43.0 Å². The molecular formula is C23H23ClN2O. The molecule has 5 rings (SSSR count). The van der Waals surface area contributed by atoms with E-state index in [1.807, 2.05) is 12.1 Å². The number of halogens is 1. The average Bonchev–Trinajstić information content (AvgIpc) is 2.87. The number of rotatable bonds is 1. The van der Waals surface area contributed by atoms with Gasteiger partial charge in [-0.2, -0.15) is 0 Å². The fraction of sp³-hybridized carbons (Fsp3) is 0.348. The summed E-state index contributed by atoms with van der Waals surface area (Å²) in [4.78, 5) is 12.7. The van der Waals surface area contributed by atoms with Gasteiger partial charge in [0, 0.05) is 21.5 Å². The van der Waals surface area contributed by atoms with Crippen LogP contribution in [0.4, 0.5) is 5.69 Å². The molecule has 0 spiro atoms. The third-order valence-electron chi connectivity index (χ3n) is 6.09. The molecule has 0 radical (unpaired) electrons. The minimum Gasteiger partial charge on any atom is -0.331 e. The van der Waals surface area contributed by atoms with Crippen LogP contribution in [0.2, 0.25) is 5.02 Å². The van der Waals surface area contributed by atoms with Crippen LogP contribution in [0.15, 0.2) is 36.4 Å². The summed E-state index contributed by atoms with van der Waals surface area (Å²) in [5.41, 5.74) is 6.92. The van der Waals surface area contributed by atoms with Crippen LogP contribution in [-0.2, 0) is 11.3 Å². The Bertz CT molecular complexity index is 1060. The van der Waals surface area contributed by atoms with Crippen LogP contribution < -0.4 is 5.32 Å². The van der Waals surface area contributed by atoms with Crippen molar-refractivity contribution in [1.82, 2.24) is 4.57 Å². The number of carbonyl (C=O) groups is 1. The lowest BCUT2D eigenvalue weighted by Gasteiger charge is -2.23. The first kappa shape index (κ1) is 16.9. The minimum atomic E-state index is 0.00543. The lowest BCUT2D eigenvalue weighted by Crippen LogP contribution is -2.16. The number of aryl methyl sites for hydroxylation is 1. The summed E-state index contributed by atoms with van der Waals surface area (Å²) in [5, 5.41) is 5.01. The van der Waals surface area contributed by atoms with Crippen LogP contribution >= 0.6 is 11.6 Å². The average molecular weight is 379 g/mol. The standard InChI is InChI=1S/C23H23ClN2O/c1-14-7-9-18-20(11-14)26-13-21(27)25-19-12-16(24)8-10-17(19)23(26)22(18)15-5-3-2-4-6-15/h7-12,15H,2-6,13H2,1H3,(H,25,27). The molecule has 3 aromatic rings. The molecule has 27 heavy (non-hydrogen) atoms. The molecular weight excluding hydrogens is 356 g/mol. The minimum absolute atomic E-state index is 0.00543. The van der Waals surface area contributed by atoms with Crippen molar-refractivity contribution in [2.75, 3.05) is 5.32 Å². The maximum Gasteiger partial charge on any atom is 0.244 e. The number of nitrogens with zero attached hydrogens (tertiary/aromatic N) is 1. The summed E-state index contributed by atoms with van der Waals surface area (Å²) in [7, 11) is 0. The molecule has 3 nitrogen and oxygen atoms in total. The molecule has 1 fully saturated rings. The number of amides is 1. The van der Waals surface area contributed by atoms with E-state index in [2.05, 4.69) is 41.1 Å². The molecule has 0 bridgehead atoms. The fourth-order valence-corrected chi connectivity index (χ4v) is 5.08. The number of hydrogen-bond donors (Lipinski definition) is 1. The van der Waals surface area contributed by atoms with Crippen molar-refractivity contribution < 1.29 is 4.79 Å². The highest BCUT2D eigenvalue weighted by molar-refractivity contribution is 6.31. The van der Waals surface area contributed by atoms with Crippen molar-refractivity contribution in [3.05, 3.63) is 52.5 Å². The van der Waals surface area contributed by atoms with Crippen molar-refractivity contribution in [3.8, 4) is 11.3 Å². The number of nitrogens with one attached hydrogen (secondary N) is 1. The quantitative estimate of drug-likeness (QED) is 0.532. The molecule has 1 amide bonds. The van der Waals surface area contributed by atoms with E-state index >= 15 is 0 Å². The van der Waals surface area contributed by atoms with Crippen LogP contribution in [-0.4, -0.2) is 10.5 Å². The Morgan fingerprint density at radius 2 is 1.89 bits per heavy atom. The molecule has 0 unspecified atom stereocenters. The van der Waals surface area contributed by atoms with Gasteiger partial charge in [-0.25, -0.2) is 0 Å². The molecule has 2 aliphatic rings. The predicted molar refractivity (Wildman–Crippen MR) is 112 cm³/mol. The van der Waals surface area contributed by atoms with Gasteiger partial charge in [-0.15, -0.1) is 0 Å². The lowest BCUT2D eigenvalue weighted by atomic mass is 9.81. The molecule has 2 aromatic carbocycles. The zero-order valence-electron chi connectivity index (χ0n) is 15.5. The summed E-state index contributed by atoms with van der Waals surface area (Å²) in [6.07, 6.45) is 6.35. The van der Waals surface area contributed by atoms with E-state index in [0.29, 0.717) is 17.5 Å². The zero-order chi connectivity index (χ0) is 18.5. The number of fused-ring (bicyclic) bond motifs is 5. The van der Waals surface area contributed by atoms with Crippen LogP contribution in [0.25, 0.3) is 22.2 Å². The van der Waals surface area contributed by atoms with E-state index in [0.717, 1.165) is 11.3 Å². The van der Waals surface area contributed by atoms with Crippen molar-refractivity contribution >= 4 is 34.1 Å². The molecule has 4 heteroatoms. The van der Waals surface area contributed by atoms with E-state index in [-0.39, 0.29) is 5.91 Å². The van der Waals surface area contributed by atoms with Crippen LogP contribution in [0, 0.1) is 6.92 Å². The first-order valence-corrected chi connectivity index (χ1v) is 10.2. The number of benzene rings is 2. The highest BCUT2D eigenvalue weighted by atomic mass is 35.5. The second-order valence-electron chi connectivity index (χ2n) is 7.94. The van der Waals surface area contributed by atoms with E-state index in [1.54, 1.807) is 0 Å². The monoisotopic (exact) mass is 378 g/mol. The molecule has 1 aromatic heterocycles. The summed E-state index contributed by atoms with van der Waals surface area (Å²) in [6.45, 7) is 2.46. The molecule has 1 aliphatic carbocycles. The number of anilines is 1. The Morgan fingerprint density at radius 1 is 1.07 bits per heavy atom. The molecule has 0 saturated heterocycles. The van der Waals surface area contributed by atoms with Gasteiger partial charge in [0.2, 0.25) is 5.91 Å². The second-order valence-corrected chi connectivity index (χ2v) is 8.38. The molecule has 138 valence electrons. The Balaban J connectivity index is 1.87. The van der Waals surface area contributed by atoms with E-state index < -0.39 is 0 Å². The van der Waals surface area contributed by atoms with Gasteiger partial charge in [-0.3, -0.25) is 4.79 Å². The smallest absolute Gasteiger partial charge is 0.244 e. The van der Waals surface area contributed by atoms with Gasteiger partial charge in [0.05, 0.1) is 11.4 Å². The van der Waals surface area contributed by atoms with Crippen molar-refractivity contribution in [2.45, 2.75) is 51.5 Å². The third-order valence-corrected chi connectivity index (χ3v) is 6.32. The zero-order valence-corrected chi connectivity index (χ0v) is 16.3. The number of carbonyl (C=O) groups excluding carboxylic acids is 1. The van der Waals surface area contributed by atoms with Crippen LogP contribution in [0.3, 0.4) is 0 Å². The number of aromatic nitrogens is 1. The highest BCUT2D eigenvalue weighted by Gasteiger charge is 2.30.